The molecule has 0 saturated heterocycles. The fraction of sp³-hybridized carbons (Fsp3) is 0.353. The van der Waals surface area contributed by atoms with Gasteiger partial charge in [0, 0.05) is 39.4 Å². The zero-order valence-electron chi connectivity index (χ0n) is 27.1. The first-order valence-electron chi connectivity index (χ1n) is 15.4. The molecule has 5 rings (SSSR count). The van der Waals surface area contributed by atoms with Gasteiger partial charge in [-0.25, -0.2) is 9.97 Å². The summed E-state index contributed by atoms with van der Waals surface area (Å²) < 4.78 is 19.9. The third-order valence-electron chi connectivity index (χ3n) is 7.75. The van der Waals surface area contributed by atoms with E-state index >= 15 is 0 Å². The molecule has 0 aliphatic heterocycles. The quantitative estimate of drug-likeness (QED) is 0.0988. The molecule has 3 aromatic heterocycles. The molecule has 47 heavy (non-hydrogen) atoms. The normalized spacial score (nSPS) is 12.1. The van der Waals surface area contributed by atoms with Gasteiger partial charge in [-0.1, -0.05) is 67.4 Å². The molecule has 2 aromatic carbocycles. The van der Waals surface area contributed by atoms with Gasteiger partial charge in [0.25, 0.3) is 0 Å². The van der Waals surface area contributed by atoms with Crippen LogP contribution in [0.2, 0.25) is 5.15 Å². The molecule has 246 valence electrons. The molecule has 0 aliphatic carbocycles. The zero-order chi connectivity index (χ0) is 33.5. The molecule has 1 N–H and O–H groups in total. The number of ketones is 1. The number of aromatic nitrogens is 7. The van der Waals surface area contributed by atoms with Gasteiger partial charge >= 0.3 is 0 Å². The third kappa shape index (κ3) is 7.25. The number of methoxy groups -OCH3 is 2. The summed E-state index contributed by atoms with van der Waals surface area (Å²) in [5.41, 5.74) is 3.82. The van der Waals surface area contributed by atoms with E-state index in [2.05, 4.69) is 32.4 Å². The van der Waals surface area contributed by atoms with Gasteiger partial charge < -0.3 is 23.9 Å². The van der Waals surface area contributed by atoms with Crippen LogP contribution >= 0.6 is 11.6 Å². The number of benzene rings is 2. The topological polar surface area (TPSA) is 139 Å². The summed E-state index contributed by atoms with van der Waals surface area (Å²) in [6, 6.07) is 18.9. The van der Waals surface area contributed by atoms with Crippen LogP contribution in [0.25, 0.3) is 22.5 Å². The number of carbonyl (C=O) groups is 1. The second-order valence-corrected chi connectivity index (χ2v) is 11.2. The molecule has 12 nitrogen and oxygen atoms in total. The lowest BCUT2D eigenvalue weighted by Gasteiger charge is -2.17. The average Bonchev–Trinajstić information content (AvgIpc) is 3.69. The number of carbonyl (C=O) groups excluding carboxylic acids is 1. The minimum atomic E-state index is -0.828. The molecule has 13 heteroatoms. The van der Waals surface area contributed by atoms with Crippen molar-refractivity contribution in [1.29, 1.82) is 0 Å². The number of unbranched alkanes of at least 4 members (excludes halogenated alkanes) is 1. The number of hydrogen-bond donors (Lipinski definition) is 1. The van der Waals surface area contributed by atoms with Crippen molar-refractivity contribution >= 4 is 17.4 Å². The first-order valence-corrected chi connectivity index (χ1v) is 15.8. The van der Waals surface area contributed by atoms with Crippen LogP contribution in [0.5, 0.6) is 5.75 Å². The molecule has 0 saturated carbocycles. The van der Waals surface area contributed by atoms with Crippen molar-refractivity contribution < 1.29 is 24.1 Å². The van der Waals surface area contributed by atoms with E-state index in [0.29, 0.717) is 30.4 Å². The van der Waals surface area contributed by atoms with E-state index in [-0.39, 0.29) is 28.8 Å². The predicted molar refractivity (Wildman–Crippen MR) is 176 cm³/mol. The second kappa shape index (κ2) is 15.4. The summed E-state index contributed by atoms with van der Waals surface area (Å²) in [5.74, 6) is 0.306. The maximum Gasteiger partial charge on any atom is 0.234 e. The summed E-state index contributed by atoms with van der Waals surface area (Å²) in [6.07, 6.45) is 1.13. The fourth-order valence-corrected chi connectivity index (χ4v) is 5.73. The highest BCUT2D eigenvalue weighted by Gasteiger charge is 2.28. The molecular formula is C34H38ClN7O5. The van der Waals surface area contributed by atoms with Gasteiger partial charge in [-0.15, -0.1) is 5.10 Å². The number of pyridine rings is 1. The molecule has 0 bridgehead atoms. The lowest BCUT2D eigenvalue weighted by atomic mass is 9.96. The van der Waals surface area contributed by atoms with Crippen LogP contribution in [-0.2, 0) is 27.2 Å². The van der Waals surface area contributed by atoms with Gasteiger partial charge in [-0.05, 0) is 65.6 Å². The van der Waals surface area contributed by atoms with E-state index in [1.54, 1.807) is 9.25 Å². The largest absolute Gasteiger partial charge is 0.506 e. The molecule has 0 radical (unpaired) electrons. The molecule has 3 heterocycles. The summed E-state index contributed by atoms with van der Waals surface area (Å²) in [6.45, 7) is 6.64. The van der Waals surface area contributed by atoms with Crippen LogP contribution in [-0.4, -0.2) is 66.5 Å². The number of aromatic hydroxyl groups is 1. The highest BCUT2D eigenvalue weighted by Crippen LogP contribution is 2.34. The zero-order valence-corrected chi connectivity index (χ0v) is 27.8. The molecule has 5 aromatic rings. The number of ether oxygens (including phenoxy) is 3. The number of imidazole rings is 1. The van der Waals surface area contributed by atoms with Crippen molar-refractivity contribution in [3.05, 3.63) is 94.3 Å². The highest BCUT2D eigenvalue weighted by molar-refractivity contribution is 6.33. The van der Waals surface area contributed by atoms with E-state index in [1.165, 1.54) is 26.4 Å². The Morgan fingerprint density at radius 3 is 2.47 bits per heavy atom. The van der Waals surface area contributed by atoms with Gasteiger partial charge in [0.05, 0.1) is 5.69 Å². The Balaban J connectivity index is 1.63. The van der Waals surface area contributed by atoms with Gasteiger partial charge in [-0.3, -0.25) is 4.79 Å². The number of tetrazole rings is 1. The molecule has 0 aliphatic rings. The third-order valence-corrected chi connectivity index (χ3v) is 8.01. The highest BCUT2D eigenvalue weighted by atomic mass is 35.5. The summed E-state index contributed by atoms with van der Waals surface area (Å²) in [7, 11) is 2.92. The van der Waals surface area contributed by atoms with Crippen molar-refractivity contribution in [3.8, 4) is 28.3 Å². The molecule has 1 unspecified atom stereocenters. The van der Waals surface area contributed by atoms with Crippen molar-refractivity contribution in [1.82, 2.24) is 34.7 Å². The van der Waals surface area contributed by atoms with Crippen LogP contribution in [0.15, 0.2) is 60.7 Å². The average molecular weight is 660 g/mol. The number of aryl methyl sites for hydroxylation is 1. The molecule has 0 fully saturated rings. The van der Waals surface area contributed by atoms with Crippen molar-refractivity contribution in [2.45, 2.75) is 59.1 Å². The SMILES string of the molecule is CCCCc1nc(Cl)c(C(=O)c2nc(C(OC)OC)ccc2O)n1Cc1ccc(-c2ccccc2)c(-c2nnnn2C(C)OCC)c1. The monoisotopic (exact) mass is 659 g/mol. The smallest absolute Gasteiger partial charge is 0.234 e. The lowest BCUT2D eigenvalue weighted by Crippen LogP contribution is -2.17. The second-order valence-electron chi connectivity index (χ2n) is 10.8. The first kappa shape index (κ1) is 33.9. The standard InChI is InChI=1S/C34H38ClN7O5/c1-6-8-14-28-37-32(35)30(31(44)29-27(43)18-17-26(36-29)34(45-4)46-5)41(28)20-22-15-16-24(23-12-10-9-11-13-23)25(19-22)33-38-39-40-42(33)21(3)47-7-2/h9-13,15-19,21,34,43H,6-8,14,20H2,1-5H3. The minimum absolute atomic E-state index is 0.0263. The molecule has 0 amide bonds. The Kier molecular flexibility index (Phi) is 11.1. The lowest BCUT2D eigenvalue weighted by molar-refractivity contribution is -0.108. The van der Waals surface area contributed by atoms with Crippen LogP contribution in [0.1, 0.15) is 79.4 Å². The Hall–Kier alpha value is -4.49. The van der Waals surface area contributed by atoms with Gasteiger partial charge in [0.15, 0.2) is 22.9 Å². The number of nitrogens with zero attached hydrogens (tertiary/aromatic N) is 7. The van der Waals surface area contributed by atoms with Crippen molar-refractivity contribution in [2.24, 2.45) is 0 Å². The molecule has 1 atom stereocenters. The Labute approximate surface area is 278 Å². The Morgan fingerprint density at radius 1 is 1.00 bits per heavy atom. The van der Waals surface area contributed by atoms with Gasteiger partial charge in [0.1, 0.15) is 17.3 Å². The van der Waals surface area contributed by atoms with Gasteiger partial charge in [0.2, 0.25) is 12.1 Å². The summed E-state index contributed by atoms with van der Waals surface area (Å²) >= 11 is 6.70. The van der Waals surface area contributed by atoms with Crippen LogP contribution in [0, 0.1) is 0 Å². The minimum Gasteiger partial charge on any atom is -0.506 e. The van der Waals surface area contributed by atoms with Crippen molar-refractivity contribution in [3.63, 3.8) is 0 Å². The van der Waals surface area contributed by atoms with E-state index in [9.17, 15) is 9.90 Å². The van der Waals surface area contributed by atoms with Crippen molar-refractivity contribution in [2.75, 3.05) is 20.8 Å². The Bertz CT molecular complexity index is 1820. The summed E-state index contributed by atoms with van der Waals surface area (Å²) in [4.78, 5) is 23.1. The summed E-state index contributed by atoms with van der Waals surface area (Å²) in [5, 5.41) is 23.3. The number of halogens is 1. The van der Waals surface area contributed by atoms with Gasteiger partial charge in [-0.2, -0.15) is 4.68 Å². The maximum absolute atomic E-state index is 14.1. The maximum atomic E-state index is 14.1. The van der Waals surface area contributed by atoms with E-state index in [1.807, 2.05) is 62.4 Å². The molecular weight excluding hydrogens is 622 g/mol. The fourth-order valence-electron chi connectivity index (χ4n) is 5.45. The van der Waals surface area contributed by atoms with Crippen LogP contribution in [0.3, 0.4) is 0 Å². The van der Waals surface area contributed by atoms with Crippen LogP contribution < -0.4 is 0 Å². The van der Waals surface area contributed by atoms with E-state index in [0.717, 1.165) is 35.1 Å². The molecule has 0 spiro atoms. The Morgan fingerprint density at radius 2 is 1.77 bits per heavy atom. The number of rotatable bonds is 15. The van der Waals surface area contributed by atoms with Crippen LogP contribution in [0.4, 0.5) is 0 Å². The first-order chi connectivity index (χ1) is 22.8. The number of hydrogen-bond acceptors (Lipinski definition) is 10. The van der Waals surface area contributed by atoms with E-state index < -0.39 is 18.3 Å². The predicted octanol–water partition coefficient (Wildman–Crippen LogP) is 6.43. The van der Waals surface area contributed by atoms with E-state index in [4.69, 9.17) is 25.8 Å².